The smallest absolute Gasteiger partial charge is 0.422 e. The Labute approximate surface area is 148 Å². The zero-order valence-electron chi connectivity index (χ0n) is 14.2. The third-order valence-electron chi connectivity index (χ3n) is 4.19. The fourth-order valence-electron chi connectivity index (χ4n) is 2.84. The molecule has 0 atom stereocenters. The van der Waals surface area contributed by atoms with E-state index in [-0.39, 0.29) is 17.5 Å². The van der Waals surface area contributed by atoms with Crippen molar-refractivity contribution in [3.05, 3.63) is 23.8 Å². The van der Waals surface area contributed by atoms with Gasteiger partial charge in [-0.2, -0.15) is 13.2 Å². The molecule has 9 heteroatoms. The van der Waals surface area contributed by atoms with Crippen LogP contribution in [-0.4, -0.2) is 35.9 Å². The second-order valence-corrected chi connectivity index (χ2v) is 6.39. The summed E-state index contributed by atoms with van der Waals surface area (Å²) in [4.78, 5) is 23.0. The number of aliphatic carboxylic acids is 1. The number of carboxylic acids is 1. The first kappa shape index (κ1) is 19.9. The zero-order chi connectivity index (χ0) is 19.3. The minimum Gasteiger partial charge on any atom is -0.482 e. The third-order valence-corrected chi connectivity index (χ3v) is 4.19. The van der Waals surface area contributed by atoms with Gasteiger partial charge in [0, 0.05) is 6.04 Å². The van der Waals surface area contributed by atoms with Gasteiger partial charge in [0.15, 0.2) is 6.61 Å². The number of carboxylic acid groups (broad SMARTS) is 1. The van der Waals surface area contributed by atoms with Crippen molar-refractivity contribution in [1.82, 2.24) is 5.32 Å². The highest BCUT2D eigenvalue weighted by atomic mass is 19.4. The molecule has 0 bridgehead atoms. The molecule has 0 aliphatic heterocycles. The molecule has 0 radical (unpaired) electrons. The van der Waals surface area contributed by atoms with Crippen molar-refractivity contribution in [2.24, 2.45) is 5.92 Å². The average Bonchev–Trinajstić information content (AvgIpc) is 2.54. The monoisotopic (exact) mass is 374 g/mol. The molecule has 1 aromatic rings. The second-order valence-electron chi connectivity index (χ2n) is 6.39. The van der Waals surface area contributed by atoms with Crippen LogP contribution >= 0.6 is 0 Å². The lowest BCUT2D eigenvalue weighted by Crippen LogP contribution is -2.41. The lowest BCUT2D eigenvalue weighted by atomic mass is 9.86. The Kier molecular flexibility index (Phi) is 6.33. The molecule has 2 amide bonds. The number of rotatable bonds is 5. The van der Waals surface area contributed by atoms with Crippen molar-refractivity contribution in [3.8, 4) is 5.75 Å². The van der Waals surface area contributed by atoms with Gasteiger partial charge in [-0.05, 0) is 50.3 Å². The second kappa shape index (κ2) is 8.29. The molecule has 144 valence electrons. The normalized spacial score (nSPS) is 20.3. The van der Waals surface area contributed by atoms with Crippen LogP contribution in [0.25, 0.3) is 0 Å². The number of carbonyl (C=O) groups is 2. The zero-order valence-corrected chi connectivity index (χ0v) is 14.2. The van der Waals surface area contributed by atoms with Gasteiger partial charge in [0.25, 0.3) is 0 Å². The lowest BCUT2D eigenvalue weighted by molar-refractivity contribution is -0.153. The highest BCUT2D eigenvalue weighted by molar-refractivity contribution is 5.91. The lowest BCUT2D eigenvalue weighted by Gasteiger charge is -2.27. The van der Waals surface area contributed by atoms with Gasteiger partial charge in [-0.3, -0.25) is 4.79 Å². The first-order valence-corrected chi connectivity index (χ1v) is 8.24. The SMILES string of the molecule is Cc1ccc(NC(=O)NC2CCC(C(=O)O)CC2)c(OCC(F)(F)F)c1. The summed E-state index contributed by atoms with van der Waals surface area (Å²) in [5.41, 5.74) is 0.830. The van der Waals surface area contributed by atoms with Crippen LogP contribution in [0.4, 0.5) is 23.7 Å². The largest absolute Gasteiger partial charge is 0.482 e. The number of hydrogen-bond donors (Lipinski definition) is 3. The molecule has 0 aromatic heterocycles. The quantitative estimate of drug-likeness (QED) is 0.733. The van der Waals surface area contributed by atoms with Gasteiger partial charge in [-0.25, -0.2) is 4.79 Å². The molecule has 1 fully saturated rings. The van der Waals surface area contributed by atoms with E-state index >= 15 is 0 Å². The highest BCUT2D eigenvalue weighted by Crippen LogP contribution is 2.28. The minimum absolute atomic E-state index is 0.0629. The average molecular weight is 374 g/mol. The Bertz CT molecular complexity index is 656. The van der Waals surface area contributed by atoms with E-state index < -0.39 is 30.7 Å². The van der Waals surface area contributed by atoms with Crippen molar-refractivity contribution in [2.45, 2.75) is 44.8 Å². The van der Waals surface area contributed by atoms with E-state index in [2.05, 4.69) is 10.6 Å². The van der Waals surface area contributed by atoms with Crippen LogP contribution < -0.4 is 15.4 Å². The molecular weight excluding hydrogens is 353 g/mol. The van der Waals surface area contributed by atoms with Crippen LogP contribution in [0.3, 0.4) is 0 Å². The number of amides is 2. The van der Waals surface area contributed by atoms with E-state index in [9.17, 15) is 22.8 Å². The summed E-state index contributed by atoms with van der Waals surface area (Å²) in [5.74, 6) is -1.29. The molecule has 0 saturated heterocycles. The Balaban J connectivity index is 1.93. The molecule has 1 aliphatic carbocycles. The topological polar surface area (TPSA) is 87.7 Å². The van der Waals surface area contributed by atoms with E-state index in [1.165, 1.54) is 12.1 Å². The Morgan fingerprint density at radius 1 is 1.23 bits per heavy atom. The summed E-state index contributed by atoms with van der Waals surface area (Å²) >= 11 is 0. The van der Waals surface area contributed by atoms with Crippen molar-refractivity contribution in [1.29, 1.82) is 0 Å². The number of benzene rings is 1. The molecule has 26 heavy (non-hydrogen) atoms. The molecule has 2 rings (SSSR count). The maximum atomic E-state index is 12.4. The number of urea groups is 1. The molecule has 1 saturated carbocycles. The van der Waals surface area contributed by atoms with E-state index in [1.807, 2.05) is 0 Å². The van der Waals surface area contributed by atoms with Crippen molar-refractivity contribution >= 4 is 17.7 Å². The molecule has 0 unspecified atom stereocenters. The summed E-state index contributed by atoms with van der Waals surface area (Å²) in [6.45, 7) is 0.247. The van der Waals surface area contributed by atoms with E-state index in [1.54, 1.807) is 13.0 Å². The van der Waals surface area contributed by atoms with Crippen LogP contribution in [0, 0.1) is 12.8 Å². The van der Waals surface area contributed by atoms with Crippen LogP contribution in [0.5, 0.6) is 5.75 Å². The maximum absolute atomic E-state index is 12.4. The number of hydrogen-bond acceptors (Lipinski definition) is 3. The van der Waals surface area contributed by atoms with Crippen LogP contribution in [0.15, 0.2) is 18.2 Å². The summed E-state index contributed by atoms with van der Waals surface area (Å²) in [6, 6.07) is 3.80. The number of alkyl halides is 3. The first-order valence-electron chi connectivity index (χ1n) is 8.24. The summed E-state index contributed by atoms with van der Waals surface area (Å²) in [5, 5.41) is 14.2. The summed E-state index contributed by atoms with van der Waals surface area (Å²) in [7, 11) is 0. The number of aryl methyl sites for hydroxylation is 1. The van der Waals surface area contributed by atoms with Gasteiger partial charge in [-0.15, -0.1) is 0 Å². The molecule has 6 nitrogen and oxygen atoms in total. The molecule has 1 aromatic carbocycles. The number of carbonyl (C=O) groups excluding carboxylic acids is 1. The van der Waals surface area contributed by atoms with Gasteiger partial charge < -0.3 is 20.5 Å². The maximum Gasteiger partial charge on any atom is 0.422 e. The van der Waals surface area contributed by atoms with Crippen LogP contribution in [0.2, 0.25) is 0 Å². The molecule has 1 aliphatic rings. The van der Waals surface area contributed by atoms with Crippen molar-refractivity contribution < 1.29 is 32.6 Å². The first-order chi connectivity index (χ1) is 12.1. The fourth-order valence-corrected chi connectivity index (χ4v) is 2.84. The van der Waals surface area contributed by atoms with E-state index in [0.717, 1.165) is 0 Å². The van der Waals surface area contributed by atoms with E-state index in [4.69, 9.17) is 9.84 Å². The number of ether oxygens (including phenoxy) is 1. The standard InChI is InChI=1S/C17H21F3N2O4/c1-10-2-7-13(14(8-10)26-9-17(18,19)20)22-16(25)21-12-5-3-11(4-6-12)15(23)24/h2,7-8,11-12H,3-6,9H2,1H3,(H,23,24)(H2,21,22,25). The number of nitrogens with one attached hydrogen (secondary N) is 2. The third kappa shape index (κ3) is 6.12. The Morgan fingerprint density at radius 3 is 2.46 bits per heavy atom. The minimum atomic E-state index is -4.48. The molecule has 0 heterocycles. The highest BCUT2D eigenvalue weighted by Gasteiger charge is 2.29. The molecule has 0 spiro atoms. The van der Waals surface area contributed by atoms with Gasteiger partial charge >= 0.3 is 18.2 Å². The summed E-state index contributed by atoms with van der Waals surface area (Å²) < 4.78 is 41.9. The Morgan fingerprint density at radius 2 is 1.88 bits per heavy atom. The predicted molar refractivity (Wildman–Crippen MR) is 88.3 cm³/mol. The van der Waals surface area contributed by atoms with Crippen LogP contribution in [0.1, 0.15) is 31.2 Å². The van der Waals surface area contributed by atoms with Gasteiger partial charge in [0.1, 0.15) is 5.75 Å². The summed E-state index contributed by atoms with van der Waals surface area (Å²) in [6.07, 6.45) is -2.45. The van der Waals surface area contributed by atoms with Crippen LogP contribution in [-0.2, 0) is 4.79 Å². The van der Waals surface area contributed by atoms with Crippen molar-refractivity contribution in [2.75, 3.05) is 11.9 Å². The van der Waals surface area contributed by atoms with Gasteiger partial charge in [-0.1, -0.05) is 6.07 Å². The molecular formula is C17H21F3N2O4. The number of anilines is 1. The number of halogens is 3. The van der Waals surface area contributed by atoms with Gasteiger partial charge in [0.2, 0.25) is 0 Å². The van der Waals surface area contributed by atoms with E-state index in [0.29, 0.717) is 31.2 Å². The van der Waals surface area contributed by atoms with Crippen molar-refractivity contribution in [3.63, 3.8) is 0 Å². The predicted octanol–water partition coefficient (Wildman–Crippen LogP) is 3.70. The Hall–Kier alpha value is -2.45. The fraction of sp³-hybridized carbons (Fsp3) is 0.529. The van der Waals surface area contributed by atoms with Gasteiger partial charge in [0.05, 0.1) is 11.6 Å². The molecule has 3 N–H and O–H groups in total.